The van der Waals surface area contributed by atoms with Crippen molar-refractivity contribution in [2.75, 3.05) is 5.12 Å². The van der Waals surface area contributed by atoms with Crippen LogP contribution in [-0.4, -0.2) is 6.03 Å². The smallest absolute Gasteiger partial charge is 0.243 e. The molecule has 1 saturated heterocycles. The van der Waals surface area contributed by atoms with Crippen molar-refractivity contribution in [2.45, 2.75) is 6.18 Å². The Morgan fingerprint density at radius 1 is 1.19 bits per heavy atom. The number of hydrogen-bond donors (Lipinski definition) is 2. The van der Waals surface area contributed by atoms with Crippen molar-refractivity contribution in [1.29, 1.82) is 0 Å². The molecule has 0 unspecified atom stereocenters. The molecule has 0 saturated carbocycles. The topological polar surface area (TPSA) is 58.5 Å². The minimum Gasteiger partial charge on any atom is -0.243 e. The second-order valence-corrected chi connectivity index (χ2v) is 3.01. The zero-order valence-corrected chi connectivity index (χ0v) is 7.75. The van der Waals surface area contributed by atoms with Gasteiger partial charge >= 0.3 is 12.2 Å². The lowest BCUT2D eigenvalue weighted by molar-refractivity contribution is -0.137. The molecule has 1 aliphatic rings. The van der Waals surface area contributed by atoms with E-state index < -0.39 is 17.8 Å². The zero-order chi connectivity index (χ0) is 11.8. The summed E-state index contributed by atoms with van der Waals surface area (Å²) in [7, 11) is 0. The summed E-state index contributed by atoms with van der Waals surface area (Å²) in [6, 6.07) is 3.66. The summed E-state index contributed by atoms with van der Waals surface area (Å²) in [5.74, 6) is 0. The fourth-order valence-electron chi connectivity index (χ4n) is 1.16. The van der Waals surface area contributed by atoms with E-state index in [1.54, 1.807) is 0 Å². The van der Waals surface area contributed by atoms with Gasteiger partial charge in [-0.25, -0.2) is 10.2 Å². The molecule has 0 bridgehead atoms. The van der Waals surface area contributed by atoms with Crippen LogP contribution in [0.3, 0.4) is 0 Å². The third kappa shape index (κ3) is 2.01. The number of nitrogens with zero attached hydrogens (tertiary/aromatic N) is 2. The van der Waals surface area contributed by atoms with Gasteiger partial charge in [0.25, 0.3) is 0 Å². The summed E-state index contributed by atoms with van der Waals surface area (Å²) in [6.07, 6.45) is -4.37. The van der Waals surface area contributed by atoms with E-state index in [0.717, 1.165) is 17.3 Å². The molecule has 1 aromatic carbocycles. The molecule has 85 valence electrons. The van der Waals surface area contributed by atoms with Crippen LogP contribution in [0.25, 0.3) is 0 Å². The maximum atomic E-state index is 12.2. The normalized spacial score (nSPS) is 15.9. The minimum absolute atomic E-state index is 0.350. The lowest BCUT2D eigenvalue weighted by Crippen LogP contribution is -2.39. The Balaban J connectivity index is 2.17. The number of carbonyl (C=O) groups excluding carboxylic acids is 1. The highest BCUT2D eigenvalue weighted by Crippen LogP contribution is 2.30. The molecule has 8 heteroatoms. The van der Waals surface area contributed by atoms with Gasteiger partial charge in [-0.2, -0.15) is 18.3 Å². The van der Waals surface area contributed by atoms with Crippen LogP contribution >= 0.6 is 0 Å². The highest BCUT2D eigenvalue weighted by molar-refractivity contribution is 5.77. The van der Waals surface area contributed by atoms with Crippen molar-refractivity contribution in [2.24, 2.45) is 0 Å². The number of alkyl halides is 3. The number of anilines is 1. The molecule has 1 heterocycles. The molecule has 5 nitrogen and oxygen atoms in total. The summed E-state index contributed by atoms with van der Waals surface area (Å²) in [6.45, 7) is 0. The quantitative estimate of drug-likeness (QED) is 0.762. The third-order valence-corrected chi connectivity index (χ3v) is 1.91. The van der Waals surface area contributed by atoms with Gasteiger partial charge in [-0.05, 0) is 24.3 Å². The first-order valence-corrected chi connectivity index (χ1v) is 4.21. The predicted molar refractivity (Wildman–Crippen MR) is 47.7 cm³/mol. The van der Waals surface area contributed by atoms with E-state index in [9.17, 15) is 18.0 Å². The van der Waals surface area contributed by atoms with Crippen molar-refractivity contribution in [3.05, 3.63) is 29.8 Å². The lowest BCUT2D eigenvalue weighted by atomic mass is 10.2. The molecular formula is C8H6F3N4O. The molecule has 2 amide bonds. The Bertz CT molecular complexity index is 403. The second-order valence-electron chi connectivity index (χ2n) is 3.01. The van der Waals surface area contributed by atoms with Gasteiger partial charge in [0.05, 0.1) is 11.3 Å². The molecule has 2 N–H and O–H groups in total. The van der Waals surface area contributed by atoms with E-state index in [1.807, 2.05) is 0 Å². The van der Waals surface area contributed by atoms with E-state index in [0.29, 0.717) is 5.69 Å². The van der Waals surface area contributed by atoms with Crippen LogP contribution in [-0.2, 0) is 6.18 Å². The summed E-state index contributed by atoms with van der Waals surface area (Å²) < 4.78 is 36.7. The molecule has 16 heavy (non-hydrogen) atoms. The van der Waals surface area contributed by atoms with Gasteiger partial charge < -0.3 is 0 Å². The summed E-state index contributed by atoms with van der Waals surface area (Å²) in [5.41, 5.74) is 7.43. The first kappa shape index (κ1) is 10.6. The SMILES string of the molecule is O=C1[N]NN(c2ccc(C(F)(F)F)cc2)N1. The molecule has 1 fully saturated rings. The van der Waals surface area contributed by atoms with E-state index in [2.05, 4.69) is 16.4 Å². The molecule has 0 spiro atoms. The number of carbonyl (C=O) groups is 1. The fourth-order valence-corrected chi connectivity index (χ4v) is 1.16. The number of amides is 2. The van der Waals surface area contributed by atoms with Crippen molar-refractivity contribution in [3.8, 4) is 0 Å². The molecular weight excluding hydrogens is 225 g/mol. The summed E-state index contributed by atoms with van der Waals surface area (Å²) in [5, 5.41) is 1.11. The first-order valence-electron chi connectivity index (χ1n) is 4.21. The van der Waals surface area contributed by atoms with Crippen LogP contribution in [0.2, 0.25) is 0 Å². The molecule has 1 aliphatic heterocycles. The third-order valence-electron chi connectivity index (χ3n) is 1.91. The number of hydrogen-bond acceptors (Lipinski definition) is 3. The second kappa shape index (κ2) is 3.56. The van der Waals surface area contributed by atoms with Gasteiger partial charge in [-0.3, -0.25) is 0 Å². The van der Waals surface area contributed by atoms with E-state index in [-0.39, 0.29) is 0 Å². The van der Waals surface area contributed by atoms with E-state index in [4.69, 9.17) is 0 Å². The largest absolute Gasteiger partial charge is 0.416 e. The number of halogens is 3. The number of hydrazine groups is 2. The van der Waals surface area contributed by atoms with Crippen LogP contribution < -0.4 is 21.5 Å². The van der Waals surface area contributed by atoms with Crippen molar-refractivity contribution >= 4 is 11.7 Å². The summed E-state index contributed by atoms with van der Waals surface area (Å²) >= 11 is 0. The average Bonchev–Trinajstić information content (AvgIpc) is 2.64. The van der Waals surface area contributed by atoms with Crippen LogP contribution in [0, 0.1) is 0 Å². The van der Waals surface area contributed by atoms with Gasteiger partial charge in [0.15, 0.2) is 0 Å². The van der Waals surface area contributed by atoms with Gasteiger partial charge in [0.1, 0.15) is 0 Å². The summed E-state index contributed by atoms with van der Waals surface area (Å²) in [4.78, 5) is 10.7. The van der Waals surface area contributed by atoms with Gasteiger partial charge in [0, 0.05) is 0 Å². The van der Waals surface area contributed by atoms with Crippen LogP contribution in [0.1, 0.15) is 5.56 Å². The fraction of sp³-hybridized carbons (Fsp3) is 0.125. The highest BCUT2D eigenvalue weighted by atomic mass is 19.4. The number of rotatable bonds is 1. The average molecular weight is 231 g/mol. The van der Waals surface area contributed by atoms with Gasteiger partial charge in [-0.15, -0.1) is 5.43 Å². The van der Waals surface area contributed by atoms with E-state index >= 15 is 0 Å². The van der Waals surface area contributed by atoms with Crippen LogP contribution in [0.5, 0.6) is 0 Å². The Kier molecular flexibility index (Phi) is 2.35. The molecule has 2 rings (SSSR count). The van der Waals surface area contributed by atoms with Crippen LogP contribution in [0.4, 0.5) is 23.7 Å². The Morgan fingerprint density at radius 2 is 1.81 bits per heavy atom. The molecule has 1 aromatic rings. The van der Waals surface area contributed by atoms with Crippen molar-refractivity contribution < 1.29 is 18.0 Å². The maximum absolute atomic E-state index is 12.2. The zero-order valence-electron chi connectivity index (χ0n) is 7.75. The Hall–Kier alpha value is -1.96. The Labute approximate surface area is 88.1 Å². The molecule has 0 aromatic heterocycles. The highest BCUT2D eigenvalue weighted by Gasteiger charge is 2.30. The minimum atomic E-state index is -4.37. The standard InChI is InChI=1S/C8H6F3N4O/c9-8(10,11)5-1-3-6(4-2-5)15-13-7(16)12-14-15/h1-4,14H,(H,13,16). The van der Waals surface area contributed by atoms with E-state index in [1.165, 1.54) is 12.1 Å². The lowest BCUT2D eigenvalue weighted by Gasteiger charge is -2.15. The van der Waals surface area contributed by atoms with Gasteiger partial charge in [0.2, 0.25) is 0 Å². The Morgan fingerprint density at radius 3 is 2.25 bits per heavy atom. The maximum Gasteiger partial charge on any atom is 0.416 e. The molecule has 0 atom stereocenters. The van der Waals surface area contributed by atoms with Crippen molar-refractivity contribution in [3.63, 3.8) is 0 Å². The first-order chi connectivity index (χ1) is 7.47. The van der Waals surface area contributed by atoms with Crippen LogP contribution in [0.15, 0.2) is 24.3 Å². The van der Waals surface area contributed by atoms with Gasteiger partial charge in [-0.1, -0.05) is 5.53 Å². The predicted octanol–water partition coefficient (Wildman–Crippen LogP) is 1.17. The molecule has 0 aliphatic carbocycles. The monoisotopic (exact) mass is 231 g/mol. The molecule has 1 radical (unpaired) electrons. The number of urea groups is 1. The number of benzene rings is 1. The number of nitrogens with one attached hydrogen (secondary N) is 2. The van der Waals surface area contributed by atoms with Crippen molar-refractivity contribution in [1.82, 2.24) is 16.4 Å².